The summed E-state index contributed by atoms with van der Waals surface area (Å²) in [4.78, 5) is 27.2. The van der Waals surface area contributed by atoms with Crippen molar-refractivity contribution in [3.63, 3.8) is 0 Å². The number of carbonyl (C=O) groups excluding carboxylic acids is 2. The Hall–Kier alpha value is -1.18. The van der Waals surface area contributed by atoms with E-state index in [1.54, 1.807) is 4.90 Å². The molecule has 0 aromatic rings. The number of hydrogen-bond donors (Lipinski definition) is 3. The molecule has 2 amide bonds. The highest BCUT2D eigenvalue weighted by atomic mass is 16.3. The van der Waals surface area contributed by atoms with Gasteiger partial charge in [-0.3, -0.25) is 19.9 Å². The molecule has 2 saturated heterocycles. The molecule has 7 nitrogen and oxygen atoms in total. The van der Waals surface area contributed by atoms with Crippen LogP contribution in [0.4, 0.5) is 0 Å². The molecule has 2 rings (SSSR count). The zero-order valence-corrected chi connectivity index (χ0v) is 11.0. The Balaban J connectivity index is 1.75. The molecule has 0 bridgehead atoms. The van der Waals surface area contributed by atoms with Crippen molar-refractivity contribution < 1.29 is 14.7 Å². The van der Waals surface area contributed by atoms with E-state index in [4.69, 9.17) is 5.84 Å². The standard InChI is InChI=1S/C12H22N4O3/c13-14-12(19)9-1-5-16(6-2-9)11(18)8-15-4-3-10(17)7-15/h9-10,17H,1-8,13H2,(H,14,19). The summed E-state index contributed by atoms with van der Waals surface area (Å²) in [6, 6.07) is 0. The molecule has 1 atom stereocenters. The minimum atomic E-state index is -0.299. The molecule has 2 fully saturated rings. The molecule has 4 N–H and O–H groups in total. The number of aliphatic hydroxyl groups is 1. The molecule has 0 aromatic carbocycles. The fourth-order valence-electron chi connectivity index (χ4n) is 2.76. The smallest absolute Gasteiger partial charge is 0.237 e. The monoisotopic (exact) mass is 270 g/mol. The molecule has 2 aliphatic heterocycles. The van der Waals surface area contributed by atoms with Crippen LogP contribution in [-0.2, 0) is 9.59 Å². The van der Waals surface area contributed by atoms with Crippen molar-refractivity contribution in [2.75, 3.05) is 32.7 Å². The van der Waals surface area contributed by atoms with Crippen LogP contribution in [-0.4, -0.2) is 65.5 Å². The first-order valence-corrected chi connectivity index (χ1v) is 6.79. The summed E-state index contributed by atoms with van der Waals surface area (Å²) in [5.74, 6) is 4.97. The fourth-order valence-corrected chi connectivity index (χ4v) is 2.76. The summed E-state index contributed by atoms with van der Waals surface area (Å²) < 4.78 is 0. The Morgan fingerprint density at radius 1 is 1.21 bits per heavy atom. The van der Waals surface area contributed by atoms with Gasteiger partial charge in [0.1, 0.15) is 0 Å². The van der Waals surface area contributed by atoms with Gasteiger partial charge in [-0.05, 0) is 19.3 Å². The average molecular weight is 270 g/mol. The summed E-state index contributed by atoms with van der Waals surface area (Å²) in [5.41, 5.74) is 2.16. The Kier molecular flexibility index (Phi) is 4.73. The predicted molar refractivity (Wildman–Crippen MR) is 68.7 cm³/mol. The summed E-state index contributed by atoms with van der Waals surface area (Å²) in [5, 5.41) is 9.42. The Labute approximate surface area is 112 Å². The molecule has 108 valence electrons. The number of carbonyl (C=O) groups is 2. The second kappa shape index (κ2) is 6.31. The number of nitrogens with one attached hydrogen (secondary N) is 1. The molecule has 0 radical (unpaired) electrons. The van der Waals surface area contributed by atoms with Crippen LogP contribution in [0, 0.1) is 5.92 Å². The quantitative estimate of drug-likeness (QED) is 0.322. The highest BCUT2D eigenvalue weighted by Crippen LogP contribution is 2.18. The van der Waals surface area contributed by atoms with E-state index in [2.05, 4.69) is 5.43 Å². The van der Waals surface area contributed by atoms with E-state index < -0.39 is 0 Å². The van der Waals surface area contributed by atoms with Crippen molar-refractivity contribution in [2.24, 2.45) is 11.8 Å². The lowest BCUT2D eigenvalue weighted by atomic mass is 9.96. The number of amides is 2. The largest absolute Gasteiger partial charge is 0.392 e. The van der Waals surface area contributed by atoms with Gasteiger partial charge in [-0.25, -0.2) is 5.84 Å². The number of likely N-dealkylation sites (tertiary alicyclic amines) is 2. The first kappa shape index (κ1) is 14.2. The molecule has 0 aliphatic carbocycles. The Bertz CT molecular complexity index is 342. The van der Waals surface area contributed by atoms with Crippen LogP contribution < -0.4 is 11.3 Å². The van der Waals surface area contributed by atoms with Gasteiger partial charge in [0, 0.05) is 32.1 Å². The first-order valence-electron chi connectivity index (χ1n) is 6.79. The minimum absolute atomic E-state index is 0.0809. The second-order valence-corrected chi connectivity index (χ2v) is 5.34. The van der Waals surface area contributed by atoms with E-state index in [1.165, 1.54) is 0 Å². The zero-order chi connectivity index (χ0) is 13.8. The van der Waals surface area contributed by atoms with E-state index in [0.717, 1.165) is 13.0 Å². The number of hydrogen-bond acceptors (Lipinski definition) is 5. The number of nitrogens with two attached hydrogens (primary N) is 1. The molecule has 19 heavy (non-hydrogen) atoms. The normalized spacial score (nSPS) is 25.6. The van der Waals surface area contributed by atoms with Gasteiger partial charge in [0.25, 0.3) is 0 Å². The second-order valence-electron chi connectivity index (χ2n) is 5.34. The van der Waals surface area contributed by atoms with Crippen LogP contribution in [0.3, 0.4) is 0 Å². The molecule has 0 spiro atoms. The summed E-state index contributed by atoms with van der Waals surface area (Å²) in [7, 11) is 0. The van der Waals surface area contributed by atoms with Crippen LogP contribution in [0.15, 0.2) is 0 Å². The van der Waals surface area contributed by atoms with E-state index in [9.17, 15) is 14.7 Å². The lowest BCUT2D eigenvalue weighted by molar-refractivity contribution is -0.136. The molecule has 1 unspecified atom stereocenters. The van der Waals surface area contributed by atoms with Crippen molar-refractivity contribution in [3.05, 3.63) is 0 Å². The highest BCUT2D eigenvalue weighted by molar-refractivity contribution is 5.80. The summed E-state index contributed by atoms with van der Waals surface area (Å²) in [6.07, 6.45) is 1.77. The number of nitrogens with zero attached hydrogens (tertiary/aromatic N) is 2. The minimum Gasteiger partial charge on any atom is -0.392 e. The molecule has 0 saturated carbocycles. The molecule has 2 heterocycles. The lowest BCUT2D eigenvalue weighted by Crippen LogP contribution is -2.47. The molecule has 0 aromatic heterocycles. The van der Waals surface area contributed by atoms with Gasteiger partial charge in [0.15, 0.2) is 0 Å². The SMILES string of the molecule is NNC(=O)C1CCN(C(=O)CN2CCC(O)C2)CC1. The maximum Gasteiger partial charge on any atom is 0.237 e. The van der Waals surface area contributed by atoms with Crippen LogP contribution >= 0.6 is 0 Å². The van der Waals surface area contributed by atoms with Crippen molar-refractivity contribution >= 4 is 11.8 Å². The van der Waals surface area contributed by atoms with Crippen molar-refractivity contribution in [2.45, 2.75) is 25.4 Å². The molecular formula is C12H22N4O3. The fraction of sp³-hybridized carbons (Fsp3) is 0.833. The summed E-state index contributed by atoms with van der Waals surface area (Å²) in [6.45, 7) is 2.93. The van der Waals surface area contributed by atoms with Crippen LogP contribution in [0.25, 0.3) is 0 Å². The van der Waals surface area contributed by atoms with Crippen LogP contribution in [0.2, 0.25) is 0 Å². The number of aliphatic hydroxyl groups excluding tert-OH is 1. The average Bonchev–Trinajstić information content (AvgIpc) is 2.83. The van der Waals surface area contributed by atoms with Crippen molar-refractivity contribution in [3.8, 4) is 0 Å². The topological polar surface area (TPSA) is 98.9 Å². The number of β-amino-alcohol motifs (C(OH)–C–C–N with tert-alkyl or cyclic N) is 1. The lowest BCUT2D eigenvalue weighted by Gasteiger charge is -2.32. The molecule has 7 heteroatoms. The van der Waals surface area contributed by atoms with Gasteiger partial charge in [0.05, 0.1) is 12.6 Å². The highest BCUT2D eigenvalue weighted by Gasteiger charge is 2.29. The van der Waals surface area contributed by atoms with Crippen molar-refractivity contribution in [1.82, 2.24) is 15.2 Å². The number of piperidine rings is 1. The van der Waals surface area contributed by atoms with E-state index in [-0.39, 0.29) is 23.8 Å². The van der Waals surface area contributed by atoms with Gasteiger partial charge in [-0.15, -0.1) is 0 Å². The Morgan fingerprint density at radius 2 is 1.89 bits per heavy atom. The van der Waals surface area contributed by atoms with Gasteiger partial charge < -0.3 is 10.0 Å². The predicted octanol–water partition coefficient (Wildman–Crippen LogP) is -1.72. The van der Waals surface area contributed by atoms with Gasteiger partial charge in [-0.2, -0.15) is 0 Å². The first-order chi connectivity index (χ1) is 9.10. The number of rotatable bonds is 3. The van der Waals surface area contributed by atoms with E-state index >= 15 is 0 Å². The number of hydrazine groups is 1. The van der Waals surface area contributed by atoms with Crippen molar-refractivity contribution in [1.29, 1.82) is 0 Å². The van der Waals surface area contributed by atoms with Crippen LogP contribution in [0.1, 0.15) is 19.3 Å². The Morgan fingerprint density at radius 3 is 2.42 bits per heavy atom. The third-order valence-corrected chi connectivity index (χ3v) is 3.97. The third kappa shape index (κ3) is 3.65. The molecular weight excluding hydrogens is 248 g/mol. The van der Waals surface area contributed by atoms with Crippen LogP contribution in [0.5, 0.6) is 0 Å². The van der Waals surface area contributed by atoms with Gasteiger partial charge >= 0.3 is 0 Å². The third-order valence-electron chi connectivity index (χ3n) is 3.97. The van der Waals surface area contributed by atoms with Gasteiger partial charge in [0.2, 0.25) is 11.8 Å². The van der Waals surface area contributed by atoms with Gasteiger partial charge in [-0.1, -0.05) is 0 Å². The zero-order valence-electron chi connectivity index (χ0n) is 11.0. The maximum absolute atomic E-state index is 12.1. The van der Waals surface area contributed by atoms with E-state index in [1.807, 2.05) is 4.90 Å². The van der Waals surface area contributed by atoms with E-state index in [0.29, 0.717) is 39.0 Å². The maximum atomic E-state index is 12.1. The summed E-state index contributed by atoms with van der Waals surface area (Å²) >= 11 is 0. The molecule has 2 aliphatic rings.